The highest BCUT2D eigenvalue weighted by Crippen LogP contribution is 2.29. The number of pyridine rings is 1. The monoisotopic (exact) mass is 312 g/mol. The lowest BCUT2D eigenvalue weighted by Crippen LogP contribution is -3.00. The second kappa shape index (κ2) is 7.12. The Kier molecular flexibility index (Phi) is 5.80. The molecule has 1 amide bonds. The SMILES string of the molecule is Cc1cc(O)c(NC(=O)C[n+]2ccccc2)cc1Cl.[Cl-]. The van der Waals surface area contributed by atoms with E-state index in [9.17, 15) is 9.90 Å². The van der Waals surface area contributed by atoms with Crippen molar-refractivity contribution in [1.82, 2.24) is 0 Å². The zero-order chi connectivity index (χ0) is 13.8. The minimum atomic E-state index is -0.230. The molecular formula is C14H14Cl2N2O2. The van der Waals surface area contributed by atoms with Crippen LogP contribution in [0.25, 0.3) is 0 Å². The van der Waals surface area contributed by atoms with E-state index in [0.29, 0.717) is 10.7 Å². The van der Waals surface area contributed by atoms with Crippen molar-refractivity contribution >= 4 is 23.2 Å². The number of amides is 1. The molecule has 0 atom stereocenters. The minimum Gasteiger partial charge on any atom is -1.00 e. The molecule has 0 radical (unpaired) electrons. The van der Waals surface area contributed by atoms with Gasteiger partial charge in [0.05, 0.1) is 5.69 Å². The van der Waals surface area contributed by atoms with Gasteiger partial charge in [0.15, 0.2) is 12.4 Å². The van der Waals surface area contributed by atoms with Crippen LogP contribution in [-0.4, -0.2) is 11.0 Å². The van der Waals surface area contributed by atoms with Crippen molar-refractivity contribution in [3.8, 4) is 5.75 Å². The first-order valence-corrected chi connectivity index (χ1v) is 6.17. The highest BCUT2D eigenvalue weighted by molar-refractivity contribution is 6.31. The molecule has 0 aliphatic carbocycles. The fourth-order valence-electron chi connectivity index (χ4n) is 1.66. The van der Waals surface area contributed by atoms with Crippen LogP contribution in [0.3, 0.4) is 0 Å². The standard InChI is InChI=1S/C14H13ClN2O2.ClH/c1-10-7-13(18)12(8-11(10)15)16-14(19)9-17-5-3-2-4-6-17;/h2-8H,9H2,1H3,(H-,16,18,19);1H. The molecule has 20 heavy (non-hydrogen) atoms. The third-order valence-corrected chi connectivity index (χ3v) is 3.06. The smallest absolute Gasteiger partial charge is 0.290 e. The van der Waals surface area contributed by atoms with Gasteiger partial charge in [0, 0.05) is 17.2 Å². The fraction of sp³-hybridized carbons (Fsp3) is 0.143. The van der Waals surface area contributed by atoms with Gasteiger partial charge < -0.3 is 22.8 Å². The van der Waals surface area contributed by atoms with Crippen molar-refractivity contribution in [2.75, 3.05) is 5.32 Å². The van der Waals surface area contributed by atoms with E-state index in [1.165, 1.54) is 6.07 Å². The van der Waals surface area contributed by atoms with Crippen molar-refractivity contribution in [2.24, 2.45) is 0 Å². The van der Waals surface area contributed by atoms with Gasteiger partial charge in [-0.25, -0.2) is 0 Å². The topological polar surface area (TPSA) is 53.2 Å². The number of benzene rings is 1. The van der Waals surface area contributed by atoms with E-state index < -0.39 is 0 Å². The molecule has 0 aliphatic rings. The predicted molar refractivity (Wildman–Crippen MR) is 73.1 cm³/mol. The molecule has 1 heterocycles. The molecule has 2 N–H and O–H groups in total. The molecule has 0 unspecified atom stereocenters. The second-order valence-corrected chi connectivity index (χ2v) is 4.62. The summed E-state index contributed by atoms with van der Waals surface area (Å²) in [6.45, 7) is 1.96. The summed E-state index contributed by atoms with van der Waals surface area (Å²) >= 11 is 5.96. The second-order valence-electron chi connectivity index (χ2n) is 4.21. The zero-order valence-electron chi connectivity index (χ0n) is 10.8. The van der Waals surface area contributed by atoms with Gasteiger partial charge in [0.2, 0.25) is 6.54 Å². The highest BCUT2D eigenvalue weighted by Gasteiger charge is 2.12. The van der Waals surface area contributed by atoms with Crippen LogP contribution in [0.2, 0.25) is 5.02 Å². The molecular weight excluding hydrogens is 299 g/mol. The Bertz CT molecular complexity index is 604. The van der Waals surface area contributed by atoms with Crippen molar-refractivity contribution in [1.29, 1.82) is 0 Å². The molecule has 0 saturated heterocycles. The Morgan fingerprint density at radius 2 is 1.95 bits per heavy atom. The number of aromatic nitrogens is 1. The number of halogens is 2. The molecule has 0 aliphatic heterocycles. The molecule has 0 bridgehead atoms. The van der Waals surface area contributed by atoms with E-state index in [2.05, 4.69) is 5.32 Å². The van der Waals surface area contributed by atoms with Crippen LogP contribution in [0.5, 0.6) is 5.75 Å². The van der Waals surface area contributed by atoms with Crippen LogP contribution >= 0.6 is 11.6 Å². The predicted octanol–water partition coefficient (Wildman–Crippen LogP) is -0.716. The van der Waals surface area contributed by atoms with Gasteiger partial charge in [-0.15, -0.1) is 0 Å². The van der Waals surface area contributed by atoms with E-state index in [4.69, 9.17) is 11.6 Å². The number of phenols is 1. The van der Waals surface area contributed by atoms with E-state index >= 15 is 0 Å². The van der Waals surface area contributed by atoms with Crippen LogP contribution in [0.4, 0.5) is 5.69 Å². The molecule has 2 rings (SSSR count). The fourth-order valence-corrected chi connectivity index (χ4v) is 1.83. The van der Waals surface area contributed by atoms with Crippen LogP contribution in [0.1, 0.15) is 5.56 Å². The normalized spacial score (nSPS) is 9.70. The number of carbonyl (C=O) groups is 1. The van der Waals surface area contributed by atoms with E-state index in [1.54, 1.807) is 30.0 Å². The van der Waals surface area contributed by atoms with Gasteiger partial charge in [0.1, 0.15) is 5.75 Å². The molecule has 0 spiro atoms. The van der Waals surface area contributed by atoms with E-state index in [0.717, 1.165) is 5.56 Å². The Morgan fingerprint density at radius 1 is 1.30 bits per heavy atom. The third kappa shape index (κ3) is 4.11. The molecule has 1 aromatic carbocycles. The van der Waals surface area contributed by atoms with Gasteiger partial charge in [-0.05, 0) is 24.6 Å². The summed E-state index contributed by atoms with van der Waals surface area (Å²) in [6.07, 6.45) is 3.59. The van der Waals surface area contributed by atoms with E-state index in [-0.39, 0.29) is 30.6 Å². The number of hydrogen-bond acceptors (Lipinski definition) is 2. The summed E-state index contributed by atoms with van der Waals surface area (Å²) in [5.41, 5.74) is 1.08. The van der Waals surface area contributed by atoms with Gasteiger partial charge >= 0.3 is 0 Å². The number of phenolic OH excluding ortho intramolecular Hbond substituents is 1. The Labute approximate surface area is 128 Å². The Hall–Kier alpha value is -1.78. The molecule has 6 heteroatoms. The lowest BCUT2D eigenvalue weighted by molar-refractivity contribution is -0.684. The number of aromatic hydroxyl groups is 1. The molecule has 0 saturated carbocycles. The van der Waals surface area contributed by atoms with Gasteiger partial charge in [-0.1, -0.05) is 17.7 Å². The molecule has 1 aromatic heterocycles. The maximum Gasteiger partial charge on any atom is 0.290 e. The summed E-state index contributed by atoms with van der Waals surface area (Å²) in [5.74, 6) is -0.222. The third-order valence-electron chi connectivity index (χ3n) is 2.65. The quantitative estimate of drug-likeness (QED) is 0.581. The van der Waals surface area contributed by atoms with Gasteiger partial charge in [-0.2, -0.15) is 4.57 Å². The number of carbonyl (C=O) groups excluding carboxylic acids is 1. The number of nitrogens with zero attached hydrogens (tertiary/aromatic N) is 1. The van der Waals surface area contributed by atoms with Crippen LogP contribution in [0, 0.1) is 6.92 Å². The first-order valence-electron chi connectivity index (χ1n) is 5.79. The van der Waals surface area contributed by atoms with Crippen molar-refractivity contribution in [3.05, 3.63) is 53.3 Å². The summed E-state index contributed by atoms with van der Waals surface area (Å²) in [6, 6.07) is 8.62. The van der Waals surface area contributed by atoms with Crippen LogP contribution < -0.4 is 22.3 Å². The number of rotatable bonds is 3. The lowest BCUT2D eigenvalue weighted by Gasteiger charge is -2.08. The summed E-state index contributed by atoms with van der Waals surface area (Å²) in [4.78, 5) is 11.8. The summed E-state index contributed by atoms with van der Waals surface area (Å²) in [7, 11) is 0. The van der Waals surface area contributed by atoms with Crippen molar-refractivity contribution in [2.45, 2.75) is 13.5 Å². The number of nitrogens with one attached hydrogen (secondary N) is 1. The number of anilines is 1. The van der Waals surface area contributed by atoms with Crippen LogP contribution in [0.15, 0.2) is 42.7 Å². The Balaban J connectivity index is 0.00000200. The molecule has 4 nitrogen and oxygen atoms in total. The van der Waals surface area contributed by atoms with Crippen LogP contribution in [-0.2, 0) is 11.3 Å². The maximum absolute atomic E-state index is 11.8. The highest BCUT2D eigenvalue weighted by atomic mass is 35.5. The number of aryl methyl sites for hydroxylation is 1. The van der Waals surface area contributed by atoms with Crippen molar-refractivity contribution < 1.29 is 26.9 Å². The minimum absolute atomic E-state index is 0. The zero-order valence-corrected chi connectivity index (χ0v) is 12.3. The summed E-state index contributed by atoms with van der Waals surface area (Å²) < 4.78 is 1.74. The first-order chi connectivity index (χ1) is 9.06. The van der Waals surface area contributed by atoms with Gasteiger partial charge in [0.25, 0.3) is 5.91 Å². The molecule has 0 fully saturated rings. The Morgan fingerprint density at radius 3 is 2.60 bits per heavy atom. The van der Waals surface area contributed by atoms with Crippen molar-refractivity contribution in [3.63, 3.8) is 0 Å². The van der Waals surface area contributed by atoms with E-state index in [1.807, 2.05) is 18.2 Å². The average Bonchev–Trinajstić information content (AvgIpc) is 2.37. The first kappa shape index (κ1) is 16.3. The molecule has 2 aromatic rings. The molecule has 106 valence electrons. The summed E-state index contributed by atoms with van der Waals surface area (Å²) in [5, 5.41) is 12.9. The van der Waals surface area contributed by atoms with Gasteiger partial charge in [-0.3, -0.25) is 4.79 Å². The number of hydrogen-bond donors (Lipinski definition) is 2. The lowest BCUT2D eigenvalue weighted by atomic mass is 10.2. The largest absolute Gasteiger partial charge is 1.00 e. The average molecular weight is 313 g/mol. The maximum atomic E-state index is 11.8.